The third kappa shape index (κ3) is 4.13. The van der Waals surface area contributed by atoms with Gasteiger partial charge in [0.15, 0.2) is 0 Å². The number of fused-ring (bicyclic) bond motifs is 12. The second-order valence-corrected chi connectivity index (χ2v) is 23.8. The lowest BCUT2D eigenvalue weighted by molar-refractivity contribution is 0.0635. The van der Waals surface area contributed by atoms with Gasteiger partial charge in [-0.05, 0) is 218 Å². The van der Waals surface area contributed by atoms with Crippen molar-refractivity contribution in [3.8, 4) is 0 Å². The van der Waals surface area contributed by atoms with Crippen molar-refractivity contribution in [3.05, 3.63) is 192 Å². The predicted octanol–water partition coefficient (Wildman–Crippen LogP) is 18.7. The average molecular weight is 1040 g/mol. The van der Waals surface area contributed by atoms with Gasteiger partial charge in [-0.25, -0.2) is 0 Å². The topological polar surface area (TPSA) is 74.8 Å². The molecule has 20 aromatic carbocycles. The Morgan fingerprint density at radius 2 is 0.256 bits per heavy atom. The number of imide groups is 2. The minimum Gasteiger partial charge on any atom is -0.277 e. The molecule has 0 aromatic heterocycles. The fraction of sp³-hybridized carbons (Fsp3) is 0.0263. The Kier molecular flexibility index (Phi) is 6.51. The molecule has 2 heterocycles. The van der Waals surface area contributed by atoms with Gasteiger partial charge in [0.2, 0.25) is 0 Å². The van der Waals surface area contributed by atoms with Gasteiger partial charge >= 0.3 is 0 Å². The van der Waals surface area contributed by atoms with Crippen LogP contribution >= 0.6 is 0 Å². The Morgan fingerprint density at radius 1 is 0.159 bits per heavy atom. The van der Waals surface area contributed by atoms with Gasteiger partial charge in [0.1, 0.15) is 0 Å². The summed E-state index contributed by atoms with van der Waals surface area (Å²) in [6.07, 6.45) is 0. The molecule has 0 saturated carbocycles. The van der Waals surface area contributed by atoms with Crippen LogP contribution in [-0.2, 0) is 0 Å². The van der Waals surface area contributed by atoms with E-state index in [1.807, 2.05) is 24.3 Å². The first kappa shape index (κ1) is 41.3. The summed E-state index contributed by atoms with van der Waals surface area (Å²) in [4.78, 5) is 56.5. The van der Waals surface area contributed by atoms with Gasteiger partial charge in [-0.3, -0.25) is 29.0 Å². The SMILES string of the molecule is CN1C(=O)c2ccc3c4ccc5c6ccc7c8ccc9c%10ccc%11c%12ccc%13c%14ccc%15c%16c(ccc(c%17ccc(c%18ccc(c%19ccc(c%20ccc(c%21ccc(c%22ccc(c2c3%22)C1=O)c4c5%21)c6c7%20)c8c9%19)c%10c%11%18)c%12c%13%17)c%16%14)C(=O)N(C)C%15=O. The van der Waals surface area contributed by atoms with Crippen LogP contribution in [0.3, 0.4) is 0 Å². The molecule has 0 radical (unpaired) electrons. The molecular formula is C76H34N2O4. The van der Waals surface area contributed by atoms with Gasteiger partial charge in [-0.15, -0.1) is 0 Å². The van der Waals surface area contributed by atoms with Crippen molar-refractivity contribution in [3.63, 3.8) is 0 Å². The fourth-order valence-electron chi connectivity index (χ4n) is 17.5. The molecule has 4 amide bonds. The monoisotopic (exact) mass is 1040 g/mol. The van der Waals surface area contributed by atoms with Crippen molar-refractivity contribution in [1.29, 1.82) is 0 Å². The van der Waals surface area contributed by atoms with Crippen molar-refractivity contribution < 1.29 is 19.2 Å². The molecule has 0 spiro atoms. The van der Waals surface area contributed by atoms with Gasteiger partial charge in [-0.2, -0.15) is 0 Å². The van der Waals surface area contributed by atoms with E-state index in [0.29, 0.717) is 22.3 Å². The maximum Gasteiger partial charge on any atom is 0.261 e. The number of nitrogens with zero attached hydrogens (tertiary/aromatic N) is 2. The summed E-state index contributed by atoms with van der Waals surface area (Å²) in [6.45, 7) is 0. The van der Waals surface area contributed by atoms with Gasteiger partial charge in [0.05, 0.1) is 0 Å². The molecule has 0 saturated heterocycles. The van der Waals surface area contributed by atoms with Gasteiger partial charge in [0.25, 0.3) is 23.6 Å². The van der Waals surface area contributed by atoms with Crippen molar-refractivity contribution >= 4 is 228 Å². The van der Waals surface area contributed by atoms with Crippen LogP contribution in [0.25, 0.3) is 205 Å². The lowest BCUT2D eigenvalue weighted by Gasteiger charge is -2.26. The Balaban J connectivity index is 0.792. The predicted molar refractivity (Wildman–Crippen MR) is 339 cm³/mol. The molecule has 372 valence electrons. The van der Waals surface area contributed by atoms with Crippen LogP contribution in [0.1, 0.15) is 41.4 Å². The van der Waals surface area contributed by atoms with Crippen LogP contribution in [0.2, 0.25) is 0 Å². The number of hydrogen-bond acceptors (Lipinski definition) is 4. The molecule has 0 bridgehead atoms. The molecule has 0 fully saturated rings. The fourth-order valence-corrected chi connectivity index (χ4v) is 17.5. The second-order valence-electron chi connectivity index (χ2n) is 23.8. The normalized spacial score (nSPS) is 14.8. The zero-order valence-corrected chi connectivity index (χ0v) is 43.7. The lowest BCUT2D eigenvalue weighted by atomic mass is 9.79. The van der Waals surface area contributed by atoms with E-state index >= 15 is 0 Å². The van der Waals surface area contributed by atoms with Gasteiger partial charge in [0, 0.05) is 47.1 Å². The molecule has 0 atom stereocenters. The number of carbonyl (C=O) groups excluding carboxylic acids is 4. The van der Waals surface area contributed by atoms with E-state index in [1.54, 1.807) is 14.1 Å². The van der Waals surface area contributed by atoms with Gasteiger partial charge < -0.3 is 0 Å². The summed E-state index contributed by atoms with van der Waals surface area (Å²) in [7, 11) is 3.14. The smallest absolute Gasteiger partial charge is 0.261 e. The standard InChI is InChI=1S/C76H34N2O4/c1-77-73(79)55-27-23-51-47-19-15-43-39-11-7-35-31-3-5-33-37-9-13-41-45-17-21-49-53-25-29-57-72-58(76(82)78(2)75(57)81)30-26-54(70(53)72)50-22-18-46(66(45)68(49)50)42-14-10-38(62(37)64(41)42)34-6-4-32(59(31)60(33)34)36-8-12-40(63(39)61(35)36)44-16-20-48(67(47)65(43)44)52-24-28-56(74(77)80)71(55)69(51)52/h3-30H,1-2H3. The zero-order valence-electron chi connectivity index (χ0n) is 43.7. The van der Waals surface area contributed by atoms with Crippen LogP contribution in [0.5, 0.6) is 0 Å². The summed E-state index contributed by atoms with van der Waals surface area (Å²) in [5.41, 5.74) is 2.31. The van der Waals surface area contributed by atoms with Crippen LogP contribution in [-0.4, -0.2) is 47.5 Å². The highest BCUT2D eigenvalue weighted by Gasteiger charge is 2.35. The molecular weight excluding hydrogens is 1000 g/mol. The quantitative estimate of drug-likeness (QED) is 0.0862. The minimum absolute atomic E-state index is 0.260. The number of benzene rings is 20. The van der Waals surface area contributed by atoms with Crippen molar-refractivity contribution in [2.75, 3.05) is 14.1 Å². The molecule has 6 nitrogen and oxygen atoms in total. The summed E-state index contributed by atoms with van der Waals surface area (Å²) in [6, 6.07) is 62.9. The minimum atomic E-state index is -0.260. The zero-order chi connectivity index (χ0) is 53.5. The third-order valence-electron chi connectivity index (χ3n) is 20.7. The van der Waals surface area contributed by atoms with Crippen LogP contribution in [0, 0.1) is 0 Å². The largest absolute Gasteiger partial charge is 0.277 e. The number of carbonyl (C=O) groups is 4. The molecule has 0 aliphatic carbocycles. The highest BCUT2D eigenvalue weighted by molar-refractivity contribution is 6.51. The highest BCUT2D eigenvalue weighted by atomic mass is 16.2. The van der Waals surface area contributed by atoms with Gasteiger partial charge in [-0.1, -0.05) is 146 Å². The molecule has 2 aliphatic rings. The number of hydrogen-bond donors (Lipinski definition) is 0. The first-order valence-electron chi connectivity index (χ1n) is 28.1. The number of amides is 4. The molecule has 2 aliphatic heterocycles. The summed E-state index contributed by atoms with van der Waals surface area (Å²) in [5, 5.41) is 44.8. The molecule has 0 unspecified atom stereocenters. The highest BCUT2D eigenvalue weighted by Crippen LogP contribution is 2.56. The van der Waals surface area contributed by atoms with E-state index in [2.05, 4.69) is 146 Å². The third-order valence-corrected chi connectivity index (χ3v) is 20.7. The van der Waals surface area contributed by atoms with E-state index < -0.39 is 0 Å². The maximum absolute atomic E-state index is 13.5. The average Bonchev–Trinajstić information content (AvgIpc) is 3.12. The van der Waals surface area contributed by atoms with E-state index in [9.17, 15) is 19.2 Å². The van der Waals surface area contributed by atoms with Crippen molar-refractivity contribution in [1.82, 2.24) is 9.80 Å². The molecule has 20 aromatic rings. The van der Waals surface area contributed by atoms with E-state index in [0.717, 1.165) is 64.6 Å². The van der Waals surface area contributed by atoms with E-state index in [4.69, 9.17) is 0 Å². The lowest BCUT2D eigenvalue weighted by Crippen LogP contribution is -2.36. The Bertz CT molecular complexity index is 5900. The summed E-state index contributed by atoms with van der Waals surface area (Å²) in [5.74, 6) is -1.04. The number of rotatable bonds is 0. The maximum atomic E-state index is 13.5. The molecule has 6 heteroatoms. The van der Waals surface area contributed by atoms with Crippen LogP contribution in [0.15, 0.2) is 170 Å². The first-order chi connectivity index (χ1) is 40.2. The van der Waals surface area contributed by atoms with E-state index in [-0.39, 0.29) is 23.6 Å². The Morgan fingerprint density at radius 3 is 0.378 bits per heavy atom. The van der Waals surface area contributed by atoms with Crippen molar-refractivity contribution in [2.45, 2.75) is 0 Å². The second kappa shape index (κ2) is 12.9. The van der Waals surface area contributed by atoms with Crippen LogP contribution in [0.4, 0.5) is 0 Å². The Hall–Kier alpha value is -10.8. The molecule has 82 heavy (non-hydrogen) atoms. The Labute approximate surface area is 461 Å². The van der Waals surface area contributed by atoms with Crippen LogP contribution < -0.4 is 0 Å². The van der Waals surface area contributed by atoms with Crippen molar-refractivity contribution in [2.24, 2.45) is 0 Å². The summed E-state index contributed by atoms with van der Waals surface area (Å²) >= 11 is 0. The summed E-state index contributed by atoms with van der Waals surface area (Å²) < 4.78 is 0. The molecule has 0 N–H and O–H groups in total. The first-order valence-corrected chi connectivity index (χ1v) is 28.1. The van der Waals surface area contributed by atoms with E-state index in [1.165, 1.54) is 150 Å². The molecule has 22 rings (SSSR count).